The second kappa shape index (κ2) is 2.40. The first kappa shape index (κ1) is 7.66. The number of aromatic nitrogens is 6. The van der Waals surface area contributed by atoms with Crippen LogP contribution in [0.15, 0.2) is 0 Å². The third-order valence-corrected chi connectivity index (χ3v) is 2.54. The lowest BCUT2D eigenvalue weighted by molar-refractivity contribution is 0.516. The summed E-state index contributed by atoms with van der Waals surface area (Å²) in [7, 11) is 0. The second-order valence-electron chi connectivity index (χ2n) is 3.40. The van der Waals surface area contributed by atoms with Crippen LogP contribution in [-0.4, -0.2) is 30.0 Å². The van der Waals surface area contributed by atoms with E-state index in [-0.39, 0.29) is 0 Å². The Labute approximate surface area is 80.5 Å². The molecule has 0 fully saturated rings. The largest absolute Gasteiger partial charge is 0.221 e. The van der Waals surface area contributed by atoms with Crippen molar-refractivity contribution in [2.45, 2.75) is 26.9 Å². The van der Waals surface area contributed by atoms with Gasteiger partial charge >= 0.3 is 0 Å². The Bertz CT molecular complexity index is 494. The molecule has 0 saturated carbocycles. The summed E-state index contributed by atoms with van der Waals surface area (Å²) in [6.07, 6.45) is 0.889. The predicted octanol–water partition coefficient (Wildman–Crippen LogP) is 0.227. The fourth-order valence-corrected chi connectivity index (χ4v) is 1.86. The van der Waals surface area contributed by atoms with Gasteiger partial charge in [-0.05, 0) is 13.3 Å². The van der Waals surface area contributed by atoms with Crippen molar-refractivity contribution in [3.63, 3.8) is 0 Å². The minimum atomic E-state index is 0.637. The van der Waals surface area contributed by atoms with Gasteiger partial charge in [0.25, 0.3) is 0 Å². The number of rotatable bonds is 1. The van der Waals surface area contributed by atoms with E-state index in [2.05, 4.69) is 27.5 Å². The molecule has 1 aliphatic rings. The molecule has 0 bridgehead atoms. The molecule has 0 radical (unpaired) electrons. The van der Waals surface area contributed by atoms with Crippen molar-refractivity contribution in [2.24, 2.45) is 0 Å². The standard InChI is InChI=1S/C8H10N6/c1-3-6-8-7-5(2)9-11-13(7)4-14(8)12-10-6/h3-4H2,1-2H3. The topological polar surface area (TPSA) is 61.4 Å². The first-order valence-electron chi connectivity index (χ1n) is 4.64. The lowest BCUT2D eigenvalue weighted by atomic mass is 10.2. The molecule has 72 valence electrons. The molecule has 2 aromatic rings. The first-order chi connectivity index (χ1) is 6.81. The van der Waals surface area contributed by atoms with Crippen LogP contribution >= 0.6 is 0 Å². The number of nitrogens with zero attached hydrogens (tertiary/aromatic N) is 6. The van der Waals surface area contributed by atoms with E-state index in [0.717, 1.165) is 29.2 Å². The van der Waals surface area contributed by atoms with Crippen molar-refractivity contribution in [3.8, 4) is 11.4 Å². The summed E-state index contributed by atoms with van der Waals surface area (Å²) in [4.78, 5) is 0. The van der Waals surface area contributed by atoms with Gasteiger partial charge in [0.2, 0.25) is 0 Å². The average Bonchev–Trinajstić information content (AvgIpc) is 2.77. The Morgan fingerprint density at radius 1 is 1.14 bits per heavy atom. The van der Waals surface area contributed by atoms with Gasteiger partial charge in [0.1, 0.15) is 18.1 Å². The third-order valence-electron chi connectivity index (χ3n) is 2.54. The minimum absolute atomic E-state index is 0.637. The van der Waals surface area contributed by atoms with Crippen LogP contribution in [0.4, 0.5) is 0 Å². The molecule has 0 atom stereocenters. The van der Waals surface area contributed by atoms with Crippen molar-refractivity contribution in [3.05, 3.63) is 11.4 Å². The lowest BCUT2D eigenvalue weighted by Crippen LogP contribution is -2.04. The van der Waals surface area contributed by atoms with E-state index in [4.69, 9.17) is 0 Å². The zero-order valence-corrected chi connectivity index (χ0v) is 8.10. The van der Waals surface area contributed by atoms with Crippen molar-refractivity contribution in [1.82, 2.24) is 30.0 Å². The van der Waals surface area contributed by atoms with Crippen LogP contribution in [0, 0.1) is 6.92 Å². The minimum Gasteiger partial charge on any atom is -0.221 e. The van der Waals surface area contributed by atoms with Gasteiger partial charge < -0.3 is 0 Å². The summed E-state index contributed by atoms with van der Waals surface area (Å²) in [5.41, 5.74) is 4.11. The Balaban J connectivity index is 2.31. The molecular weight excluding hydrogens is 180 g/mol. The Morgan fingerprint density at radius 2 is 1.86 bits per heavy atom. The predicted molar refractivity (Wildman–Crippen MR) is 48.6 cm³/mol. The van der Waals surface area contributed by atoms with E-state index in [1.165, 1.54) is 0 Å². The van der Waals surface area contributed by atoms with Gasteiger partial charge in [0.15, 0.2) is 0 Å². The van der Waals surface area contributed by atoms with Crippen LogP contribution in [0.1, 0.15) is 18.3 Å². The highest BCUT2D eigenvalue weighted by molar-refractivity contribution is 5.61. The normalized spacial score (nSPS) is 13.0. The van der Waals surface area contributed by atoms with Crippen LogP contribution < -0.4 is 0 Å². The number of fused-ring (bicyclic) bond motifs is 3. The molecule has 3 rings (SSSR count). The number of aryl methyl sites for hydroxylation is 2. The molecule has 0 unspecified atom stereocenters. The van der Waals surface area contributed by atoms with E-state index in [1.54, 1.807) is 0 Å². The van der Waals surface area contributed by atoms with Crippen molar-refractivity contribution >= 4 is 0 Å². The maximum Gasteiger partial charge on any atom is 0.138 e. The zero-order valence-electron chi connectivity index (χ0n) is 8.10. The molecule has 3 heterocycles. The van der Waals surface area contributed by atoms with E-state index < -0.39 is 0 Å². The fourth-order valence-electron chi connectivity index (χ4n) is 1.86. The Kier molecular flexibility index (Phi) is 1.31. The maximum atomic E-state index is 4.12. The summed E-state index contributed by atoms with van der Waals surface area (Å²) in [5.74, 6) is 0. The number of hydrogen-bond donors (Lipinski definition) is 0. The van der Waals surface area contributed by atoms with Gasteiger partial charge in [0, 0.05) is 0 Å². The van der Waals surface area contributed by atoms with Crippen LogP contribution in [0.25, 0.3) is 11.4 Å². The zero-order chi connectivity index (χ0) is 9.71. The highest BCUT2D eigenvalue weighted by Crippen LogP contribution is 2.29. The van der Waals surface area contributed by atoms with E-state index >= 15 is 0 Å². The summed E-state index contributed by atoms with van der Waals surface area (Å²) in [6, 6.07) is 0. The van der Waals surface area contributed by atoms with E-state index in [0.29, 0.717) is 6.67 Å². The molecular formula is C8H10N6. The average molecular weight is 190 g/mol. The van der Waals surface area contributed by atoms with Crippen LogP contribution in [-0.2, 0) is 13.1 Å². The number of hydrogen-bond acceptors (Lipinski definition) is 4. The lowest BCUT2D eigenvalue weighted by Gasteiger charge is -1.93. The van der Waals surface area contributed by atoms with Gasteiger partial charge in [-0.3, -0.25) is 0 Å². The second-order valence-corrected chi connectivity index (χ2v) is 3.40. The molecule has 6 heteroatoms. The smallest absolute Gasteiger partial charge is 0.138 e. The molecule has 2 aromatic heterocycles. The summed E-state index contributed by atoms with van der Waals surface area (Å²) in [6.45, 7) is 4.67. The molecule has 6 nitrogen and oxygen atoms in total. The SMILES string of the molecule is CCc1nnn2c1-c1c(C)nnn1C2. The highest BCUT2D eigenvalue weighted by Gasteiger charge is 2.27. The summed E-state index contributed by atoms with van der Waals surface area (Å²) in [5, 5.41) is 16.3. The van der Waals surface area contributed by atoms with Gasteiger partial charge in [-0.25, -0.2) is 9.36 Å². The van der Waals surface area contributed by atoms with Gasteiger partial charge in [0.05, 0.1) is 11.4 Å². The maximum absolute atomic E-state index is 4.12. The van der Waals surface area contributed by atoms with Crippen molar-refractivity contribution < 1.29 is 0 Å². The van der Waals surface area contributed by atoms with E-state index in [9.17, 15) is 0 Å². The first-order valence-corrected chi connectivity index (χ1v) is 4.64. The third kappa shape index (κ3) is 0.753. The molecule has 1 aliphatic heterocycles. The summed E-state index contributed by atoms with van der Waals surface area (Å²) < 4.78 is 3.73. The van der Waals surface area contributed by atoms with Crippen LogP contribution in [0.5, 0.6) is 0 Å². The Hall–Kier alpha value is -1.72. The molecule has 14 heavy (non-hydrogen) atoms. The van der Waals surface area contributed by atoms with Crippen molar-refractivity contribution in [1.29, 1.82) is 0 Å². The van der Waals surface area contributed by atoms with E-state index in [1.807, 2.05) is 16.3 Å². The van der Waals surface area contributed by atoms with Crippen molar-refractivity contribution in [2.75, 3.05) is 0 Å². The molecule has 0 aliphatic carbocycles. The molecule has 0 spiro atoms. The van der Waals surface area contributed by atoms with Gasteiger partial charge in [-0.15, -0.1) is 10.2 Å². The monoisotopic (exact) mass is 190 g/mol. The molecule has 0 saturated heterocycles. The quantitative estimate of drug-likeness (QED) is 0.551. The highest BCUT2D eigenvalue weighted by atomic mass is 15.6. The Morgan fingerprint density at radius 3 is 2.64 bits per heavy atom. The van der Waals surface area contributed by atoms with Gasteiger partial charge in [-0.1, -0.05) is 17.4 Å². The van der Waals surface area contributed by atoms with Crippen LogP contribution in [0.2, 0.25) is 0 Å². The van der Waals surface area contributed by atoms with Crippen LogP contribution in [0.3, 0.4) is 0 Å². The van der Waals surface area contributed by atoms with Gasteiger partial charge in [-0.2, -0.15) is 0 Å². The fraction of sp³-hybridized carbons (Fsp3) is 0.500. The molecule has 0 aromatic carbocycles. The summed E-state index contributed by atoms with van der Waals surface area (Å²) >= 11 is 0. The molecule has 0 amide bonds. The molecule has 0 N–H and O–H groups in total.